The molecule has 6 rings (SSSR count). The van der Waals surface area contributed by atoms with Gasteiger partial charge in [-0.05, 0) is 92.2 Å². The van der Waals surface area contributed by atoms with E-state index in [2.05, 4.69) is 26.1 Å². The number of aliphatic carboxylic acids is 1. The van der Waals surface area contributed by atoms with Crippen LogP contribution in [-0.4, -0.2) is 68.0 Å². The number of carbonyl (C=O) groups excluding carboxylic acids is 1. The zero-order chi connectivity index (χ0) is 30.2. The van der Waals surface area contributed by atoms with Crippen molar-refractivity contribution in [1.29, 1.82) is 0 Å². The number of anilines is 1. The Labute approximate surface area is 255 Å². The first-order valence-electron chi connectivity index (χ1n) is 14.4. The summed E-state index contributed by atoms with van der Waals surface area (Å²) < 4.78 is 36.5. The Morgan fingerprint density at radius 1 is 1.21 bits per heavy atom. The molecule has 2 aliphatic heterocycles. The van der Waals surface area contributed by atoms with Crippen molar-refractivity contribution in [3.63, 3.8) is 0 Å². The number of hydrogen-bond donors (Lipinski definition) is 3. The Kier molecular flexibility index (Phi) is 8.10. The van der Waals surface area contributed by atoms with Crippen LogP contribution in [0.2, 0.25) is 5.02 Å². The van der Waals surface area contributed by atoms with E-state index in [-0.39, 0.29) is 29.0 Å². The maximum atomic E-state index is 13.4. The largest absolute Gasteiger partial charge is 0.490 e. The second-order valence-corrected chi connectivity index (χ2v) is 13.8. The summed E-state index contributed by atoms with van der Waals surface area (Å²) in [6.45, 7) is 3.33. The molecule has 1 aliphatic carbocycles. The van der Waals surface area contributed by atoms with Crippen molar-refractivity contribution in [2.24, 2.45) is 5.92 Å². The molecule has 1 spiro atoms. The molecular formula is C30H34ClN5O6S. The number of hydrogen-bond acceptors (Lipinski definition) is 8. The van der Waals surface area contributed by atoms with Crippen LogP contribution in [-0.2, 0) is 44.4 Å². The molecule has 43 heavy (non-hydrogen) atoms. The second-order valence-electron chi connectivity index (χ2n) is 11.7. The Hall–Kier alpha value is -3.61. The summed E-state index contributed by atoms with van der Waals surface area (Å²) in [5.74, 6) is -0.833. The van der Waals surface area contributed by atoms with Gasteiger partial charge in [0.25, 0.3) is 15.9 Å². The number of rotatable bonds is 8. The monoisotopic (exact) mass is 627 g/mol. The van der Waals surface area contributed by atoms with Crippen LogP contribution in [0.3, 0.4) is 0 Å². The van der Waals surface area contributed by atoms with E-state index in [0.29, 0.717) is 35.5 Å². The number of carbonyl (C=O) groups is 2. The van der Waals surface area contributed by atoms with Crippen LogP contribution in [0.5, 0.6) is 5.75 Å². The quantitative estimate of drug-likeness (QED) is 0.344. The molecule has 3 heterocycles. The molecule has 2 atom stereocenters. The molecule has 228 valence electrons. The van der Waals surface area contributed by atoms with E-state index in [1.165, 1.54) is 34.1 Å². The van der Waals surface area contributed by atoms with Gasteiger partial charge in [0.05, 0.1) is 29.3 Å². The number of aromatic nitrogens is 2. The van der Waals surface area contributed by atoms with Gasteiger partial charge in [0.1, 0.15) is 12.3 Å². The van der Waals surface area contributed by atoms with Gasteiger partial charge in [-0.3, -0.25) is 14.3 Å². The normalized spacial score (nSPS) is 21.5. The van der Waals surface area contributed by atoms with Crippen LogP contribution in [0.4, 0.5) is 5.69 Å². The van der Waals surface area contributed by atoms with Gasteiger partial charge in [-0.25, -0.2) is 13.1 Å². The third kappa shape index (κ3) is 6.36. The number of halogens is 1. The maximum absolute atomic E-state index is 13.4. The van der Waals surface area contributed by atoms with Crippen LogP contribution >= 0.6 is 11.6 Å². The summed E-state index contributed by atoms with van der Waals surface area (Å²) in [5.41, 5.74) is 3.14. The highest BCUT2D eigenvalue weighted by molar-refractivity contribution is 7.90. The van der Waals surface area contributed by atoms with Gasteiger partial charge >= 0.3 is 5.97 Å². The summed E-state index contributed by atoms with van der Waals surface area (Å²) in [6, 6.07) is 12.3. The van der Waals surface area contributed by atoms with Gasteiger partial charge < -0.3 is 20.1 Å². The van der Waals surface area contributed by atoms with Crippen molar-refractivity contribution in [1.82, 2.24) is 19.8 Å². The molecule has 0 saturated carbocycles. The van der Waals surface area contributed by atoms with Crippen molar-refractivity contribution in [2.75, 3.05) is 37.7 Å². The molecule has 1 fully saturated rings. The molecule has 1 unspecified atom stereocenters. The predicted molar refractivity (Wildman–Crippen MR) is 160 cm³/mol. The highest BCUT2D eigenvalue weighted by atomic mass is 35.5. The van der Waals surface area contributed by atoms with Crippen molar-refractivity contribution < 1.29 is 27.9 Å². The predicted octanol–water partition coefficient (Wildman–Crippen LogP) is 2.75. The Morgan fingerprint density at radius 3 is 2.86 bits per heavy atom. The Morgan fingerprint density at radius 2 is 2.07 bits per heavy atom. The second kappa shape index (κ2) is 11.8. The molecule has 0 bridgehead atoms. The molecule has 3 aromatic rings. The third-order valence-electron chi connectivity index (χ3n) is 8.54. The zero-order valence-electron chi connectivity index (χ0n) is 23.6. The zero-order valence-corrected chi connectivity index (χ0v) is 25.2. The molecule has 11 nitrogen and oxygen atoms in total. The number of nitrogens with zero attached hydrogens (tertiary/aromatic N) is 3. The summed E-state index contributed by atoms with van der Waals surface area (Å²) in [7, 11) is -4.22. The van der Waals surface area contributed by atoms with E-state index in [1.54, 1.807) is 12.1 Å². The minimum absolute atomic E-state index is 0.0449. The lowest BCUT2D eigenvalue weighted by molar-refractivity contribution is -0.136. The summed E-state index contributed by atoms with van der Waals surface area (Å²) in [5, 5.41) is 17.1. The standard InChI is InChI=1S/C30H34ClN5O6S/c31-22-3-5-25-21(12-22)2-1-9-30(25)18-35(16-20-7-10-32-15-20)26-14-24(4-6-27(26)42-19-30)43(40,41)34-28(37)17-36-11-8-23(33-36)13-29(38)39/h3-6,8,11-12,14,20,32H,1-2,7,9-10,13,15-19H2,(H,34,37)(H,38,39)/t20?,30-/m0/s1. The smallest absolute Gasteiger partial charge is 0.309 e. The number of aryl methyl sites for hydroxylation is 1. The van der Waals surface area contributed by atoms with E-state index in [1.807, 2.05) is 12.1 Å². The van der Waals surface area contributed by atoms with Gasteiger partial charge in [-0.15, -0.1) is 0 Å². The first-order chi connectivity index (χ1) is 20.6. The van der Waals surface area contributed by atoms with Crippen LogP contribution in [0.25, 0.3) is 0 Å². The van der Waals surface area contributed by atoms with Crippen LogP contribution in [0.15, 0.2) is 53.6 Å². The van der Waals surface area contributed by atoms with Crippen LogP contribution in [0, 0.1) is 5.92 Å². The lowest BCUT2D eigenvalue weighted by atomic mass is 9.70. The number of ether oxygens (including phenoxy) is 1. The molecular weight excluding hydrogens is 594 g/mol. The van der Waals surface area contributed by atoms with Crippen LogP contribution < -0.4 is 19.7 Å². The van der Waals surface area contributed by atoms with Gasteiger partial charge in [-0.1, -0.05) is 17.7 Å². The SMILES string of the molecule is O=C(O)Cc1ccn(CC(=O)NS(=O)(=O)c2ccc3c(c2)N(CC2CCNC2)C[C@@]2(CCCc4cc(Cl)ccc42)CO3)n1. The lowest BCUT2D eigenvalue weighted by Crippen LogP contribution is -2.47. The van der Waals surface area contributed by atoms with Gasteiger partial charge in [0.15, 0.2) is 0 Å². The topological polar surface area (TPSA) is 143 Å². The van der Waals surface area contributed by atoms with Gasteiger partial charge in [0, 0.05) is 29.7 Å². The van der Waals surface area contributed by atoms with Gasteiger partial charge in [-0.2, -0.15) is 5.10 Å². The molecule has 2 aromatic carbocycles. The number of carboxylic acids is 1. The third-order valence-corrected chi connectivity index (χ3v) is 10.1. The van der Waals surface area contributed by atoms with E-state index < -0.39 is 21.9 Å². The highest BCUT2D eigenvalue weighted by Crippen LogP contribution is 2.45. The minimum atomic E-state index is -4.22. The summed E-state index contributed by atoms with van der Waals surface area (Å²) in [4.78, 5) is 25.8. The summed E-state index contributed by atoms with van der Waals surface area (Å²) in [6.07, 6.45) is 5.08. The maximum Gasteiger partial charge on any atom is 0.309 e. The lowest BCUT2D eigenvalue weighted by Gasteiger charge is -2.41. The number of sulfonamides is 1. The van der Waals surface area contributed by atoms with E-state index in [9.17, 15) is 18.0 Å². The molecule has 1 saturated heterocycles. The number of fused-ring (bicyclic) bond motifs is 3. The molecule has 1 aromatic heterocycles. The summed E-state index contributed by atoms with van der Waals surface area (Å²) >= 11 is 6.35. The minimum Gasteiger partial charge on any atom is -0.490 e. The highest BCUT2D eigenvalue weighted by Gasteiger charge is 2.42. The van der Waals surface area contributed by atoms with Crippen molar-refractivity contribution in [3.05, 3.63) is 70.5 Å². The fourth-order valence-electron chi connectivity index (χ4n) is 6.57. The Bertz CT molecular complexity index is 1650. The molecule has 13 heteroatoms. The number of nitrogens with one attached hydrogen (secondary N) is 2. The fraction of sp³-hybridized carbons (Fsp3) is 0.433. The van der Waals surface area contributed by atoms with E-state index in [4.69, 9.17) is 21.4 Å². The van der Waals surface area contributed by atoms with Crippen molar-refractivity contribution >= 4 is 39.2 Å². The Balaban J connectivity index is 1.27. The average molecular weight is 628 g/mol. The van der Waals surface area contributed by atoms with Gasteiger partial charge in [0.2, 0.25) is 0 Å². The molecule has 0 radical (unpaired) electrons. The fourth-order valence-corrected chi connectivity index (χ4v) is 7.76. The number of carboxylic acid groups (broad SMARTS) is 1. The van der Waals surface area contributed by atoms with E-state index in [0.717, 1.165) is 45.3 Å². The average Bonchev–Trinajstić information content (AvgIpc) is 3.59. The van der Waals surface area contributed by atoms with Crippen molar-refractivity contribution in [2.45, 2.75) is 49.0 Å². The molecule has 3 N–H and O–H groups in total. The number of benzene rings is 2. The molecule has 3 aliphatic rings. The first kappa shape index (κ1) is 29.5. The van der Waals surface area contributed by atoms with Crippen LogP contribution in [0.1, 0.15) is 36.1 Å². The van der Waals surface area contributed by atoms with Crippen molar-refractivity contribution in [3.8, 4) is 5.75 Å². The number of amides is 1. The molecule has 1 amide bonds. The first-order valence-corrected chi connectivity index (χ1v) is 16.3. The van der Waals surface area contributed by atoms with E-state index >= 15 is 0 Å².